The Bertz CT molecular complexity index is 949. The second-order valence-corrected chi connectivity index (χ2v) is 10.8. The van der Waals surface area contributed by atoms with Crippen LogP contribution in [0.4, 0.5) is 8.78 Å². The van der Waals surface area contributed by atoms with Crippen molar-refractivity contribution in [3.63, 3.8) is 0 Å². The quantitative estimate of drug-likeness (QED) is 0.674. The number of carbonyl (C=O) groups is 2. The number of carbonyl (C=O) groups excluding carboxylic acids is 2. The molecule has 3 heterocycles. The minimum Gasteiger partial charge on any atom is -0.392 e. The number of aliphatic hydroxyl groups excluding tert-OH is 1. The molecule has 2 N–H and O–H groups in total. The van der Waals surface area contributed by atoms with Crippen molar-refractivity contribution in [3.8, 4) is 0 Å². The fourth-order valence-electron chi connectivity index (χ4n) is 6.07. The molecule has 2 saturated heterocycles. The molecule has 1 aromatic rings. The molecular weight excluding hydrogens is 448 g/mol. The van der Waals surface area contributed by atoms with Crippen molar-refractivity contribution in [1.82, 2.24) is 25.3 Å². The average molecular weight is 482 g/mol. The predicted octanol–water partition coefficient (Wildman–Crippen LogP) is 1.77. The Hall–Kier alpha value is -2.14. The molecule has 5 rings (SSSR count). The maximum Gasteiger partial charge on any atom is 0.252 e. The lowest BCUT2D eigenvalue weighted by molar-refractivity contribution is -0.145. The number of alkyl halides is 2. The van der Waals surface area contributed by atoms with Gasteiger partial charge in [0.05, 0.1) is 12.1 Å². The molecule has 4 fully saturated rings. The lowest BCUT2D eigenvalue weighted by Gasteiger charge is -2.51. The van der Waals surface area contributed by atoms with Gasteiger partial charge >= 0.3 is 0 Å². The molecule has 34 heavy (non-hydrogen) atoms. The Morgan fingerprint density at radius 2 is 1.88 bits per heavy atom. The number of hydrogen-bond acceptors (Lipinski definition) is 7. The molecule has 9 nitrogen and oxygen atoms in total. The van der Waals surface area contributed by atoms with Crippen LogP contribution in [-0.4, -0.2) is 81.6 Å². The highest BCUT2D eigenvalue weighted by atomic mass is 19.3. The van der Waals surface area contributed by atoms with E-state index >= 15 is 0 Å². The molecule has 0 radical (unpaired) electrons. The van der Waals surface area contributed by atoms with Crippen LogP contribution in [0.15, 0.2) is 4.52 Å². The molecule has 2 aliphatic heterocycles. The molecule has 1 aromatic heterocycles. The van der Waals surface area contributed by atoms with Crippen molar-refractivity contribution >= 4 is 11.8 Å². The van der Waals surface area contributed by atoms with Crippen LogP contribution in [0.1, 0.15) is 75.9 Å². The molecule has 2 saturated carbocycles. The third kappa shape index (κ3) is 3.80. The molecule has 0 aromatic carbocycles. The Balaban J connectivity index is 1.27. The molecule has 2 atom stereocenters. The predicted molar refractivity (Wildman–Crippen MR) is 116 cm³/mol. The summed E-state index contributed by atoms with van der Waals surface area (Å²) in [6.45, 7) is 2.87. The lowest BCUT2D eigenvalue weighted by Crippen LogP contribution is -2.62. The van der Waals surface area contributed by atoms with Crippen LogP contribution in [0.5, 0.6) is 0 Å². The second kappa shape index (κ2) is 8.22. The molecular formula is C23H33F2N5O4. The van der Waals surface area contributed by atoms with E-state index in [1.807, 2.05) is 0 Å². The van der Waals surface area contributed by atoms with Gasteiger partial charge in [-0.1, -0.05) is 11.6 Å². The summed E-state index contributed by atoms with van der Waals surface area (Å²) in [5.41, 5.74) is -0.965. The summed E-state index contributed by atoms with van der Waals surface area (Å²) in [5, 5.41) is 17.9. The van der Waals surface area contributed by atoms with Crippen LogP contribution in [0.3, 0.4) is 0 Å². The van der Waals surface area contributed by atoms with Gasteiger partial charge in [-0.2, -0.15) is 4.98 Å². The van der Waals surface area contributed by atoms with Gasteiger partial charge in [0.25, 0.3) is 5.89 Å². The first-order valence-corrected chi connectivity index (χ1v) is 12.2. The van der Waals surface area contributed by atoms with E-state index in [2.05, 4.69) is 15.5 Å². The number of piperidine rings is 2. The van der Waals surface area contributed by atoms with E-state index < -0.39 is 29.5 Å². The molecule has 2 amide bonds. The number of amides is 2. The van der Waals surface area contributed by atoms with Crippen molar-refractivity contribution in [3.05, 3.63) is 11.7 Å². The Morgan fingerprint density at radius 3 is 2.41 bits per heavy atom. The first-order valence-electron chi connectivity index (χ1n) is 12.2. The number of likely N-dealkylation sites (tertiary alicyclic amines) is 1. The van der Waals surface area contributed by atoms with Crippen molar-refractivity contribution in [2.75, 3.05) is 26.7 Å². The van der Waals surface area contributed by atoms with Crippen molar-refractivity contribution in [2.45, 2.75) is 87.8 Å². The highest BCUT2D eigenvalue weighted by Gasteiger charge is 2.52. The van der Waals surface area contributed by atoms with Gasteiger partial charge in [0.1, 0.15) is 5.54 Å². The van der Waals surface area contributed by atoms with E-state index in [1.165, 1.54) is 6.92 Å². The van der Waals surface area contributed by atoms with E-state index in [0.717, 1.165) is 19.3 Å². The zero-order valence-electron chi connectivity index (χ0n) is 19.7. The van der Waals surface area contributed by atoms with Crippen molar-refractivity contribution in [2.24, 2.45) is 5.41 Å². The van der Waals surface area contributed by atoms with E-state index in [4.69, 9.17) is 4.52 Å². The Kier molecular flexibility index (Phi) is 5.70. The normalized spacial score (nSPS) is 29.9. The highest BCUT2D eigenvalue weighted by molar-refractivity contribution is 5.82. The van der Waals surface area contributed by atoms with Crippen LogP contribution < -0.4 is 5.32 Å². The molecule has 0 bridgehead atoms. The molecule has 4 aliphatic rings. The summed E-state index contributed by atoms with van der Waals surface area (Å²) in [6, 6.07) is -0.422. The number of halogens is 2. The third-order valence-electron chi connectivity index (χ3n) is 8.83. The van der Waals surface area contributed by atoms with E-state index in [1.54, 1.807) is 16.8 Å². The average Bonchev–Trinajstić information content (AvgIpc) is 3.25. The smallest absolute Gasteiger partial charge is 0.252 e. The Morgan fingerprint density at radius 1 is 1.21 bits per heavy atom. The number of rotatable bonds is 4. The second-order valence-electron chi connectivity index (χ2n) is 10.8. The minimum absolute atomic E-state index is 0.0461. The third-order valence-corrected chi connectivity index (χ3v) is 8.83. The summed E-state index contributed by atoms with van der Waals surface area (Å²) in [6.07, 6.45) is 3.25. The molecule has 0 unspecified atom stereocenters. The summed E-state index contributed by atoms with van der Waals surface area (Å²) >= 11 is 0. The molecule has 11 heteroatoms. The fourth-order valence-corrected chi connectivity index (χ4v) is 6.07. The van der Waals surface area contributed by atoms with Crippen LogP contribution >= 0.6 is 0 Å². The first-order chi connectivity index (χ1) is 16.1. The van der Waals surface area contributed by atoms with Gasteiger partial charge in [-0.15, -0.1) is 0 Å². The van der Waals surface area contributed by atoms with Gasteiger partial charge in [0, 0.05) is 57.8 Å². The van der Waals surface area contributed by atoms with E-state index in [9.17, 15) is 23.5 Å². The van der Waals surface area contributed by atoms with Gasteiger partial charge in [0.15, 0.2) is 5.82 Å². The number of nitrogens with one attached hydrogen (secondary N) is 1. The largest absolute Gasteiger partial charge is 0.392 e. The lowest BCUT2D eigenvalue weighted by atomic mass is 9.62. The molecule has 188 valence electrons. The van der Waals surface area contributed by atoms with Gasteiger partial charge < -0.3 is 24.7 Å². The number of hydrogen-bond donors (Lipinski definition) is 2. The van der Waals surface area contributed by atoms with E-state index in [-0.39, 0.29) is 41.8 Å². The SMILES string of the molecule is CC(=O)N(C)C1(c2nc(C3CC(F)(F)C3)no2)CCN(C(=O)[C@@H]2C[C@@H](O)C3(CCC3)CN2)CC1. The summed E-state index contributed by atoms with van der Waals surface area (Å²) < 4.78 is 32.1. The van der Waals surface area contributed by atoms with Crippen molar-refractivity contribution < 1.29 is 28.0 Å². The van der Waals surface area contributed by atoms with Crippen LogP contribution in [0, 0.1) is 5.41 Å². The maximum absolute atomic E-state index is 13.3. The molecule has 2 aliphatic carbocycles. The van der Waals surface area contributed by atoms with Crippen molar-refractivity contribution in [1.29, 1.82) is 0 Å². The van der Waals surface area contributed by atoms with E-state index in [0.29, 0.717) is 38.9 Å². The summed E-state index contributed by atoms with van der Waals surface area (Å²) in [5.74, 6) is -2.88. The number of nitrogens with zero attached hydrogens (tertiary/aromatic N) is 4. The first kappa shape index (κ1) is 23.6. The van der Waals surface area contributed by atoms with Crippen LogP contribution in [0.2, 0.25) is 0 Å². The minimum atomic E-state index is -2.69. The maximum atomic E-state index is 13.3. The number of aliphatic hydroxyl groups is 1. The summed E-state index contributed by atoms with van der Waals surface area (Å²) in [4.78, 5) is 33.3. The fraction of sp³-hybridized carbons (Fsp3) is 0.826. The van der Waals surface area contributed by atoms with Gasteiger partial charge in [0.2, 0.25) is 17.7 Å². The summed E-state index contributed by atoms with van der Waals surface area (Å²) in [7, 11) is 1.66. The monoisotopic (exact) mass is 481 g/mol. The van der Waals surface area contributed by atoms with Gasteiger partial charge in [-0.05, 0) is 32.1 Å². The number of aromatic nitrogens is 2. The standard InChI is InChI=1S/C23H33F2N5O4/c1-14(31)29(2)22(20-27-18(28-34-20)15-11-23(24,25)12-15)6-8-30(9-7-22)19(33)16-10-17(32)21(13-26-16)4-3-5-21/h15-17,26,32H,3-13H2,1-2H3/t16-,17+/m0/s1. The highest BCUT2D eigenvalue weighted by Crippen LogP contribution is 2.49. The zero-order valence-corrected chi connectivity index (χ0v) is 19.7. The van der Waals surface area contributed by atoms with Gasteiger partial charge in [-0.3, -0.25) is 9.59 Å². The van der Waals surface area contributed by atoms with Crippen LogP contribution in [0.25, 0.3) is 0 Å². The topological polar surface area (TPSA) is 112 Å². The Labute approximate surface area is 197 Å². The molecule has 1 spiro atoms. The zero-order chi connectivity index (χ0) is 24.3. The van der Waals surface area contributed by atoms with Gasteiger partial charge in [-0.25, -0.2) is 8.78 Å². The van der Waals surface area contributed by atoms with Crippen LogP contribution in [-0.2, 0) is 15.1 Å².